The van der Waals surface area contributed by atoms with E-state index in [1.54, 1.807) is 6.92 Å². The monoisotopic (exact) mass is 414 g/mol. The number of anilines is 1. The summed E-state index contributed by atoms with van der Waals surface area (Å²) in [4.78, 5) is 12.5. The Labute approximate surface area is 171 Å². The van der Waals surface area contributed by atoms with Crippen molar-refractivity contribution in [2.45, 2.75) is 42.6 Å². The maximum absolute atomic E-state index is 13.8. The lowest BCUT2D eigenvalue weighted by Crippen LogP contribution is -2.24. The molecule has 1 N–H and O–H groups in total. The Bertz CT molecular complexity index is 1000. The summed E-state index contributed by atoms with van der Waals surface area (Å²) in [6.07, 6.45) is 2.17. The standard InChI is InChI=1S/C21H20F2N4OS/c1-13(20(28)24-18-16(22)8-5-9-17(18)23)29-21-26-25-19(15-10-11-15)27(21)12-14-6-3-2-4-7-14/h2-9,13,15H,10-12H2,1H3,(H,24,28)/t13-/m1/s1. The number of carbonyl (C=O) groups is 1. The molecule has 1 amide bonds. The maximum atomic E-state index is 13.8. The number of para-hydroxylation sites is 1. The molecular weight excluding hydrogens is 394 g/mol. The van der Waals surface area contributed by atoms with E-state index in [1.807, 2.05) is 34.9 Å². The average Bonchev–Trinajstić information content (AvgIpc) is 3.49. The van der Waals surface area contributed by atoms with E-state index in [1.165, 1.54) is 17.8 Å². The van der Waals surface area contributed by atoms with Crippen LogP contribution in [-0.4, -0.2) is 25.9 Å². The third kappa shape index (κ3) is 4.48. The van der Waals surface area contributed by atoms with Gasteiger partial charge in [-0.1, -0.05) is 48.2 Å². The van der Waals surface area contributed by atoms with Gasteiger partial charge in [0.05, 0.1) is 11.8 Å². The zero-order valence-corrected chi connectivity index (χ0v) is 16.6. The van der Waals surface area contributed by atoms with Crippen molar-refractivity contribution in [3.63, 3.8) is 0 Å². The van der Waals surface area contributed by atoms with Crippen molar-refractivity contribution < 1.29 is 13.6 Å². The topological polar surface area (TPSA) is 59.8 Å². The van der Waals surface area contributed by atoms with Gasteiger partial charge in [0, 0.05) is 5.92 Å². The van der Waals surface area contributed by atoms with E-state index >= 15 is 0 Å². The summed E-state index contributed by atoms with van der Waals surface area (Å²) >= 11 is 1.23. The molecule has 0 bridgehead atoms. The Hall–Kier alpha value is -2.74. The number of hydrogen-bond acceptors (Lipinski definition) is 4. The molecule has 1 atom stereocenters. The second kappa shape index (κ2) is 8.32. The molecule has 1 aliphatic rings. The molecule has 2 aromatic carbocycles. The molecule has 4 rings (SSSR count). The van der Waals surface area contributed by atoms with Gasteiger partial charge in [-0.05, 0) is 37.5 Å². The van der Waals surface area contributed by atoms with Gasteiger partial charge >= 0.3 is 0 Å². The van der Waals surface area contributed by atoms with Crippen LogP contribution < -0.4 is 5.32 Å². The molecule has 0 aliphatic heterocycles. The molecule has 5 nitrogen and oxygen atoms in total. The molecule has 0 saturated heterocycles. The number of thioether (sulfide) groups is 1. The summed E-state index contributed by atoms with van der Waals surface area (Å²) < 4.78 is 29.7. The van der Waals surface area contributed by atoms with E-state index in [9.17, 15) is 13.6 Å². The number of nitrogens with one attached hydrogen (secondary N) is 1. The number of hydrogen-bond donors (Lipinski definition) is 1. The normalized spacial score (nSPS) is 14.6. The third-order valence-corrected chi connectivity index (χ3v) is 5.81. The number of carbonyl (C=O) groups excluding carboxylic acids is 1. The van der Waals surface area contributed by atoms with E-state index in [0.29, 0.717) is 17.6 Å². The van der Waals surface area contributed by atoms with Crippen LogP contribution in [0.5, 0.6) is 0 Å². The Morgan fingerprint density at radius 2 is 1.83 bits per heavy atom. The molecule has 1 saturated carbocycles. The first-order chi connectivity index (χ1) is 14.0. The second-order valence-corrected chi connectivity index (χ2v) is 8.34. The fourth-order valence-corrected chi connectivity index (χ4v) is 3.85. The Balaban J connectivity index is 1.52. The molecule has 0 radical (unpaired) electrons. The molecule has 0 unspecified atom stereocenters. The van der Waals surface area contributed by atoms with Gasteiger partial charge < -0.3 is 9.88 Å². The number of amides is 1. The van der Waals surface area contributed by atoms with Gasteiger partial charge in [0.2, 0.25) is 5.91 Å². The van der Waals surface area contributed by atoms with Crippen LogP contribution >= 0.6 is 11.8 Å². The van der Waals surface area contributed by atoms with Crippen LogP contribution in [0.2, 0.25) is 0 Å². The number of benzene rings is 2. The Kier molecular flexibility index (Phi) is 5.62. The van der Waals surface area contributed by atoms with E-state index in [0.717, 1.165) is 36.4 Å². The van der Waals surface area contributed by atoms with Crippen molar-refractivity contribution >= 4 is 23.4 Å². The van der Waals surface area contributed by atoms with Crippen molar-refractivity contribution in [2.24, 2.45) is 0 Å². The average molecular weight is 414 g/mol. The molecule has 1 heterocycles. The van der Waals surface area contributed by atoms with Gasteiger partial charge in [-0.2, -0.15) is 0 Å². The summed E-state index contributed by atoms with van der Waals surface area (Å²) in [6.45, 7) is 2.29. The molecule has 1 aliphatic carbocycles. The van der Waals surface area contributed by atoms with Gasteiger partial charge in [-0.15, -0.1) is 10.2 Å². The van der Waals surface area contributed by atoms with E-state index < -0.39 is 28.5 Å². The van der Waals surface area contributed by atoms with Crippen molar-refractivity contribution in [1.29, 1.82) is 0 Å². The number of halogens is 2. The molecule has 3 aromatic rings. The van der Waals surface area contributed by atoms with Crippen LogP contribution in [0.15, 0.2) is 53.7 Å². The van der Waals surface area contributed by atoms with Crippen LogP contribution in [0.1, 0.15) is 37.1 Å². The highest BCUT2D eigenvalue weighted by Gasteiger charge is 2.31. The SMILES string of the molecule is C[C@@H](Sc1nnc(C2CC2)n1Cc1ccccc1)C(=O)Nc1c(F)cccc1F. The van der Waals surface area contributed by atoms with Crippen LogP contribution in [0.4, 0.5) is 14.5 Å². The lowest BCUT2D eigenvalue weighted by atomic mass is 10.2. The van der Waals surface area contributed by atoms with E-state index in [-0.39, 0.29) is 0 Å². The van der Waals surface area contributed by atoms with Crippen LogP contribution in [0.3, 0.4) is 0 Å². The molecule has 1 aromatic heterocycles. The summed E-state index contributed by atoms with van der Waals surface area (Å²) in [7, 11) is 0. The van der Waals surface area contributed by atoms with Crippen LogP contribution in [0, 0.1) is 11.6 Å². The largest absolute Gasteiger partial charge is 0.320 e. The van der Waals surface area contributed by atoms with Crippen molar-refractivity contribution in [3.05, 3.63) is 71.6 Å². The van der Waals surface area contributed by atoms with Crippen LogP contribution in [-0.2, 0) is 11.3 Å². The van der Waals surface area contributed by atoms with Gasteiger partial charge in [-0.25, -0.2) is 8.78 Å². The smallest absolute Gasteiger partial charge is 0.237 e. The van der Waals surface area contributed by atoms with Crippen molar-refractivity contribution in [1.82, 2.24) is 14.8 Å². The minimum Gasteiger partial charge on any atom is -0.320 e. The zero-order valence-electron chi connectivity index (χ0n) is 15.8. The van der Waals surface area contributed by atoms with Gasteiger partial charge in [-0.3, -0.25) is 4.79 Å². The first-order valence-electron chi connectivity index (χ1n) is 9.41. The van der Waals surface area contributed by atoms with E-state index in [4.69, 9.17) is 0 Å². The summed E-state index contributed by atoms with van der Waals surface area (Å²) in [6, 6.07) is 13.4. The molecule has 150 valence electrons. The quantitative estimate of drug-likeness (QED) is 0.574. The first kappa shape index (κ1) is 19.6. The first-order valence-corrected chi connectivity index (χ1v) is 10.3. The highest BCUT2D eigenvalue weighted by atomic mass is 32.2. The number of rotatable bonds is 7. The lowest BCUT2D eigenvalue weighted by molar-refractivity contribution is -0.115. The Morgan fingerprint density at radius 3 is 2.48 bits per heavy atom. The molecule has 8 heteroatoms. The van der Waals surface area contributed by atoms with Crippen LogP contribution in [0.25, 0.3) is 0 Å². The molecule has 29 heavy (non-hydrogen) atoms. The van der Waals surface area contributed by atoms with Gasteiger partial charge in [0.25, 0.3) is 0 Å². The number of nitrogens with zero attached hydrogens (tertiary/aromatic N) is 3. The highest BCUT2D eigenvalue weighted by Crippen LogP contribution is 2.40. The fraction of sp³-hybridized carbons (Fsp3) is 0.286. The minimum atomic E-state index is -0.807. The highest BCUT2D eigenvalue weighted by molar-refractivity contribution is 8.00. The van der Waals surface area contributed by atoms with Crippen molar-refractivity contribution in [3.8, 4) is 0 Å². The summed E-state index contributed by atoms with van der Waals surface area (Å²) in [5, 5.41) is 11.0. The lowest BCUT2D eigenvalue weighted by Gasteiger charge is -2.14. The van der Waals surface area contributed by atoms with Gasteiger partial charge in [0.15, 0.2) is 5.16 Å². The van der Waals surface area contributed by atoms with E-state index in [2.05, 4.69) is 15.5 Å². The summed E-state index contributed by atoms with van der Waals surface area (Å²) in [5.41, 5.74) is 0.677. The van der Waals surface area contributed by atoms with Gasteiger partial charge in [0.1, 0.15) is 23.1 Å². The predicted molar refractivity (Wildman–Crippen MR) is 108 cm³/mol. The molecular formula is C21H20F2N4OS. The maximum Gasteiger partial charge on any atom is 0.237 e. The summed E-state index contributed by atoms with van der Waals surface area (Å²) in [5.74, 6) is -0.792. The second-order valence-electron chi connectivity index (χ2n) is 7.03. The zero-order chi connectivity index (χ0) is 20.4. The minimum absolute atomic E-state index is 0.400. The number of aromatic nitrogens is 3. The Morgan fingerprint density at radius 1 is 1.14 bits per heavy atom. The fourth-order valence-electron chi connectivity index (χ4n) is 3.00. The third-order valence-electron chi connectivity index (χ3n) is 4.73. The molecule has 0 spiro atoms. The predicted octanol–water partition coefficient (Wildman–Crippen LogP) is 4.60. The molecule has 1 fully saturated rings. The van der Waals surface area contributed by atoms with Crippen molar-refractivity contribution in [2.75, 3.05) is 5.32 Å².